The predicted molar refractivity (Wildman–Crippen MR) is 88.8 cm³/mol. The highest BCUT2D eigenvalue weighted by atomic mass is 35.5. The van der Waals surface area contributed by atoms with Crippen LogP contribution in [0.3, 0.4) is 0 Å². The number of carbonyl (C=O) groups excluding carboxylic acids is 1. The molecular formula is C16H10Cl2FN3O. The van der Waals surface area contributed by atoms with Gasteiger partial charge >= 0.3 is 0 Å². The van der Waals surface area contributed by atoms with Crippen LogP contribution in [0.5, 0.6) is 0 Å². The monoisotopic (exact) mass is 349 g/mol. The fourth-order valence-corrected chi connectivity index (χ4v) is 2.02. The van der Waals surface area contributed by atoms with Gasteiger partial charge in [0.25, 0.3) is 5.91 Å². The van der Waals surface area contributed by atoms with Crippen LogP contribution in [0, 0.1) is 17.1 Å². The van der Waals surface area contributed by atoms with Gasteiger partial charge in [-0.1, -0.05) is 35.3 Å². The van der Waals surface area contributed by atoms with Crippen LogP contribution in [0.2, 0.25) is 10.0 Å². The summed E-state index contributed by atoms with van der Waals surface area (Å²) in [6, 6.07) is 12.1. The number of benzene rings is 2. The number of carbonyl (C=O) groups is 1. The molecule has 0 heterocycles. The molecule has 0 atom stereocenters. The van der Waals surface area contributed by atoms with Crippen LogP contribution >= 0.6 is 23.2 Å². The number of rotatable bonds is 4. The van der Waals surface area contributed by atoms with Gasteiger partial charge in [0.15, 0.2) is 0 Å². The third-order valence-electron chi connectivity index (χ3n) is 2.77. The van der Waals surface area contributed by atoms with E-state index in [0.29, 0.717) is 5.69 Å². The molecule has 2 rings (SSSR count). The van der Waals surface area contributed by atoms with Crippen LogP contribution in [0.15, 0.2) is 54.2 Å². The van der Waals surface area contributed by atoms with Crippen molar-refractivity contribution >= 4 is 40.5 Å². The summed E-state index contributed by atoms with van der Waals surface area (Å²) in [6.45, 7) is 0. The Morgan fingerprint density at radius 1 is 1.22 bits per heavy atom. The third-order valence-corrected chi connectivity index (χ3v) is 3.59. The van der Waals surface area contributed by atoms with Crippen molar-refractivity contribution in [2.75, 3.05) is 10.6 Å². The van der Waals surface area contributed by atoms with Gasteiger partial charge in [0.05, 0.1) is 15.7 Å². The van der Waals surface area contributed by atoms with Crippen molar-refractivity contribution in [3.8, 4) is 6.07 Å². The average molecular weight is 350 g/mol. The summed E-state index contributed by atoms with van der Waals surface area (Å²) >= 11 is 11.8. The van der Waals surface area contributed by atoms with Crippen molar-refractivity contribution < 1.29 is 9.18 Å². The summed E-state index contributed by atoms with van der Waals surface area (Å²) in [5.74, 6) is -1.10. The molecule has 2 N–H and O–H groups in total. The number of nitriles is 1. The molecule has 0 aliphatic rings. The third kappa shape index (κ3) is 4.46. The summed E-state index contributed by atoms with van der Waals surface area (Å²) in [7, 11) is 0. The second-order valence-electron chi connectivity index (χ2n) is 4.38. The van der Waals surface area contributed by atoms with Gasteiger partial charge in [0.2, 0.25) is 0 Å². The van der Waals surface area contributed by atoms with Gasteiger partial charge in [-0.15, -0.1) is 0 Å². The van der Waals surface area contributed by atoms with Crippen molar-refractivity contribution in [1.29, 1.82) is 5.26 Å². The van der Waals surface area contributed by atoms with E-state index in [9.17, 15) is 9.18 Å². The molecule has 0 radical (unpaired) electrons. The van der Waals surface area contributed by atoms with E-state index in [-0.39, 0.29) is 21.3 Å². The number of nitrogens with one attached hydrogen (secondary N) is 2. The van der Waals surface area contributed by atoms with Crippen LogP contribution in [-0.4, -0.2) is 5.91 Å². The van der Waals surface area contributed by atoms with Crippen LogP contribution in [0.25, 0.3) is 0 Å². The van der Waals surface area contributed by atoms with Gasteiger partial charge in [-0.05, 0) is 30.3 Å². The lowest BCUT2D eigenvalue weighted by molar-refractivity contribution is -0.112. The molecule has 0 aliphatic heterocycles. The van der Waals surface area contributed by atoms with Gasteiger partial charge < -0.3 is 10.6 Å². The van der Waals surface area contributed by atoms with Gasteiger partial charge in [-0.25, -0.2) is 4.39 Å². The lowest BCUT2D eigenvalue weighted by Gasteiger charge is -2.08. The van der Waals surface area contributed by atoms with Crippen LogP contribution in [0.4, 0.5) is 15.8 Å². The van der Waals surface area contributed by atoms with Crippen LogP contribution in [-0.2, 0) is 4.79 Å². The molecule has 116 valence electrons. The van der Waals surface area contributed by atoms with E-state index in [2.05, 4.69) is 10.6 Å². The first-order chi connectivity index (χ1) is 11.0. The average Bonchev–Trinajstić information content (AvgIpc) is 2.52. The van der Waals surface area contributed by atoms with Crippen molar-refractivity contribution in [3.63, 3.8) is 0 Å². The van der Waals surface area contributed by atoms with Crippen molar-refractivity contribution in [2.24, 2.45) is 0 Å². The number of anilines is 2. The topological polar surface area (TPSA) is 64.9 Å². The lowest BCUT2D eigenvalue weighted by atomic mass is 10.2. The van der Waals surface area contributed by atoms with E-state index >= 15 is 0 Å². The Hall–Kier alpha value is -2.55. The predicted octanol–water partition coefficient (Wildman–Crippen LogP) is 4.59. The highest BCUT2D eigenvalue weighted by Crippen LogP contribution is 2.29. The van der Waals surface area contributed by atoms with E-state index in [1.807, 2.05) is 0 Å². The quantitative estimate of drug-likeness (QED) is 0.626. The number of amides is 1. The molecule has 4 nitrogen and oxygen atoms in total. The molecule has 2 aromatic rings. The lowest BCUT2D eigenvalue weighted by Crippen LogP contribution is -2.15. The Morgan fingerprint density at radius 3 is 2.65 bits per heavy atom. The highest BCUT2D eigenvalue weighted by Gasteiger charge is 2.12. The molecule has 7 heteroatoms. The Kier molecular flexibility index (Phi) is 5.58. The fourth-order valence-electron chi connectivity index (χ4n) is 1.67. The standard InChI is InChI=1S/C16H10Cl2FN3O/c17-13-5-2-6-14(15(13)18)22-16(23)10(8-20)9-21-12-4-1-3-11(19)7-12/h1-7,9,21H,(H,22,23)/b10-9-. The first-order valence-electron chi connectivity index (χ1n) is 6.39. The summed E-state index contributed by atoms with van der Waals surface area (Å²) in [5, 5.41) is 14.7. The minimum atomic E-state index is -0.666. The molecular weight excluding hydrogens is 340 g/mol. The molecule has 0 bridgehead atoms. The molecule has 0 aromatic heterocycles. The largest absolute Gasteiger partial charge is 0.360 e. The van der Waals surface area contributed by atoms with E-state index in [4.69, 9.17) is 28.5 Å². The van der Waals surface area contributed by atoms with Gasteiger partial charge in [-0.3, -0.25) is 4.79 Å². The fraction of sp³-hybridized carbons (Fsp3) is 0. The molecule has 0 saturated heterocycles. The normalized spacial score (nSPS) is 10.8. The first-order valence-corrected chi connectivity index (χ1v) is 7.14. The second kappa shape index (κ2) is 7.63. The minimum Gasteiger partial charge on any atom is -0.360 e. The second-order valence-corrected chi connectivity index (χ2v) is 5.17. The van der Waals surface area contributed by atoms with Gasteiger partial charge in [0, 0.05) is 11.9 Å². The van der Waals surface area contributed by atoms with Gasteiger partial charge in [0.1, 0.15) is 17.5 Å². The van der Waals surface area contributed by atoms with Crippen LogP contribution < -0.4 is 10.6 Å². The van der Waals surface area contributed by atoms with Crippen LogP contribution in [0.1, 0.15) is 0 Å². The van der Waals surface area contributed by atoms with Crippen molar-refractivity contribution in [2.45, 2.75) is 0 Å². The van der Waals surface area contributed by atoms with E-state index in [0.717, 1.165) is 0 Å². The van der Waals surface area contributed by atoms with Gasteiger partial charge in [-0.2, -0.15) is 5.26 Å². The molecule has 0 aliphatic carbocycles. The molecule has 0 fully saturated rings. The SMILES string of the molecule is N#C/C(=C/Nc1cccc(F)c1)C(=O)Nc1cccc(Cl)c1Cl. The Morgan fingerprint density at radius 2 is 1.96 bits per heavy atom. The van der Waals surface area contributed by atoms with Crippen molar-refractivity contribution in [1.82, 2.24) is 0 Å². The maximum atomic E-state index is 13.1. The van der Waals surface area contributed by atoms with E-state index < -0.39 is 11.7 Å². The molecule has 1 amide bonds. The Balaban J connectivity index is 2.14. The van der Waals surface area contributed by atoms with E-state index in [1.165, 1.54) is 24.4 Å². The molecule has 0 saturated carbocycles. The number of halogens is 3. The summed E-state index contributed by atoms with van der Waals surface area (Å²) in [4.78, 5) is 12.1. The van der Waals surface area contributed by atoms with Crippen molar-refractivity contribution in [3.05, 3.63) is 70.1 Å². The Bertz CT molecular complexity index is 815. The summed E-state index contributed by atoms with van der Waals surface area (Å²) < 4.78 is 13.1. The maximum absolute atomic E-state index is 13.1. The zero-order valence-electron chi connectivity index (χ0n) is 11.6. The number of nitrogens with zero attached hydrogens (tertiary/aromatic N) is 1. The smallest absolute Gasteiger partial charge is 0.267 e. The molecule has 0 spiro atoms. The zero-order valence-corrected chi connectivity index (χ0v) is 13.1. The minimum absolute atomic E-state index is 0.179. The zero-order chi connectivity index (χ0) is 16.8. The molecule has 0 unspecified atom stereocenters. The summed E-state index contributed by atoms with van der Waals surface area (Å²) in [5.41, 5.74) is 0.493. The maximum Gasteiger partial charge on any atom is 0.267 e. The molecule has 23 heavy (non-hydrogen) atoms. The molecule has 2 aromatic carbocycles. The number of hydrogen-bond donors (Lipinski definition) is 2. The first kappa shape index (κ1) is 16.8. The highest BCUT2D eigenvalue weighted by molar-refractivity contribution is 6.44. The number of hydrogen-bond acceptors (Lipinski definition) is 3. The summed E-state index contributed by atoms with van der Waals surface area (Å²) in [6.07, 6.45) is 1.18. The Labute approximate surface area is 142 Å². The van der Waals surface area contributed by atoms with E-state index in [1.54, 1.807) is 30.3 Å².